The smallest absolute Gasteiger partial charge is 0.321 e. The number of thioether (sulfide) groups is 1. The van der Waals surface area contributed by atoms with Gasteiger partial charge in [-0.1, -0.05) is 0 Å². The van der Waals surface area contributed by atoms with Gasteiger partial charge in [-0.2, -0.15) is 0 Å². The van der Waals surface area contributed by atoms with E-state index in [1.807, 2.05) is 17.1 Å². The van der Waals surface area contributed by atoms with E-state index in [1.54, 1.807) is 0 Å². The summed E-state index contributed by atoms with van der Waals surface area (Å²) in [6.45, 7) is 1.34. The fourth-order valence-electron chi connectivity index (χ4n) is 0.736. The van der Waals surface area contributed by atoms with E-state index >= 15 is 0 Å². The van der Waals surface area contributed by atoms with E-state index in [-0.39, 0.29) is 12.5 Å². The van der Waals surface area contributed by atoms with Crippen molar-refractivity contribution < 1.29 is 9.59 Å². The van der Waals surface area contributed by atoms with Crippen molar-refractivity contribution in [3.8, 4) is 0 Å². The second kappa shape index (κ2) is 5.00. The summed E-state index contributed by atoms with van der Waals surface area (Å²) in [6.07, 6.45) is 0. The molecule has 0 radical (unpaired) electrons. The Balaban J connectivity index is 0.000000127. The van der Waals surface area contributed by atoms with E-state index < -0.39 is 6.03 Å². The van der Waals surface area contributed by atoms with Gasteiger partial charge < -0.3 is 10.6 Å². The van der Waals surface area contributed by atoms with Crippen LogP contribution in [0.3, 0.4) is 0 Å². The third-order valence-corrected chi connectivity index (χ3v) is 2.19. The van der Waals surface area contributed by atoms with Crippen LogP contribution in [0.5, 0.6) is 0 Å². The van der Waals surface area contributed by atoms with E-state index in [4.69, 9.17) is 0 Å². The number of carbonyl (C=O) groups excluding carboxylic acids is 2. The maximum Gasteiger partial charge on any atom is 0.321 e. The van der Waals surface area contributed by atoms with Crippen molar-refractivity contribution in [3.63, 3.8) is 0 Å². The molecule has 3 N–H and O–H groups in total. The number of rotatable bonds is 0. The standard InChI is InChI=1S/C3H4N2O2.C3H7NS/c6-2-1-4-3(7)5-2;1-2-5-3-4-1/h1H2,(H2,4,5,6,7);4H,1-3H2. The van der Waals surface area contributed by atoms with Gasteiger partial charge >= 0.3 is 6.03 Å². The number of urea groups is 1. The van der Waals surface area contributed by atoms with Crippen LogP contribution in [0.15, 0.2) is 0 Å². The van der Waals surface area contributed by atoms with Gasteiger partial charge in [0.05, 0.1) is 6.54 Å². The van der Waals surface area contributed by atoms with E-state index in [1.165, 1.54) is 18.2 Å². The molecule has 2 aliphatic heterocycles. The molecule has 0 atom stereocenters. The van der Waals surface area contributed by atoms with Gasteiger partial charge in [0.15, 0.2) is 0 Å². The predicted octanol–water partition coefficient (Wildman–Crippen LogP) is -0.894. The molecule has 12 heavy (non-hydrogen) atoms. The van der Waals surface area contributed by atoms with Crippen LogP contribution in [0.1, 0.15) is 0 Å². The summed E-state index contributed by atoms with van der Waals surface area (Å²) in [5.41, 5.74) is 0. The Morgan fingerprint density at radius 1 is 1.33 bits per heavy atom. The molecule has 2 heterocycles. The molecule has 0 aromatic rings. The van der Waals surface area contributed by atoms with Crippen LogP contribution in [0, 0.1) is 0 Å². The summed E-state index contributed by atoms with van der Waals surface area (Å²) in [4.78, 5) is 20.1. The minimum Gasteiger partial charge on any atom is -0.329 e. The first kappa shape index (κ1) is 9.34. The normalized spacial score (nSPS) is 21.0. The minimum atomic E-state index is -0.398. The topological polar surface area (TPSA) is 70.2 Å². The molecule has 5 nitrogen and oxygen atoms in total. The van der Waals surface area contributed by atoms with Gasteiger partial charge in [-0.15, -0.1) is 11.8 Å². The lowest BCUT2D eigenvalue weighted by atomic mass is 10.7. The quantitative estimate of drug-likeness (QED) is 0.432. The zero-order valence-corrected chi connectivity index (χ0v) is 7.37. The molecule has 2 fully saturated rings. The highest BCUT2D eigenvalue weighted by Gasteiger charge is 2.14. The molecule has 2 rings (SSSR count). The average Bonchev–Trinajstić information content (AvgIpc) is 2.63. The number of nitrogens with one attached hydrogen (secondary N) is 3. The van der Waals surface area contributed by atoms with Crippen molar-refractivity contribution in [1.29, 1.82) is 0 Å². The first-order valence-corrected chi connectivity index (χ1v) is 4.80. The largest absolute Gasteiger partial charge is 0.329 e. The summed E-state index contributed by atoms with van der Waals surface area (Å²) in [7, 11) is 0. The fraction of sp³-hybridized carbons (Fsp3) is 0.667. The van der Waals surface area contributed by atoms with E-state index in [9.17, 15) is 9.59 Å². The van der Waals surface area contributed by atoms with Crippen molar-refractivity contribution in [2.24, 2.45) is 0 Å². The Morgan fingerprint density at radius 3 is 2.33 bits per heavy atom. The Hall–Kier alpha value is -0.750. The molecule has 2 aliphatic rings. The molecule has 0 aromatic carbocycles. The molecule has 0 aromatic heterocycles. The van der Waals surface area contributed by atoms with Gasteiger partial charge in [0.1, 0.15) is 0 Å². The zero-order chi connectivity index (χ0) is 8.81. The monoisotopic (exact) mass is 189 g/mol. The lowest BCUT2D eigenvalue weighted by Gasteiger charge is -1.78. The first-order chi connectivity index (χ1) is 5.79. The van der Waals surface area contributed by atoms with Crippen molar-refractivity contribution in [3.05, 3.63) is 0 Å². The number of imide groups is 1. The molecular weight excluding hydrogens is 178 g/mol. The molecule has 6 heteroatoms. The lowest BCUT2D eigenvalue weighted by Crippen LogP contribution is -2.22. The molecular formula is C6H11N3O2S. The lowest BCUT2D eigenvalue weighted by molar-refractivity contribution is -0.117. The first-order valence-electron chi connectivity index (χ1n) is 3.65. The molecule has 0 spiro atoms. The van der Waals surface area contributed by atoms with Gasteiger partial charge in [-0.3, -0.25) is 10.1 Å². The fourth-order valence-corrected chi connectivity index (χ4v) is 1.46. The van der Waals surface area contributed by atoms with Crippen molar-refractivity contribution >= 4 is 23.7 Å². The molecule has 2 saturated heterocycles. The van der Waals surface area contributed by atoms with Gasteiger partial charge in [-0.25, -0.2) is 4.79 Å². The summed E-state index contributed by atoms with van der Waals surface area (Å²) >= 11 is 1.96. The highest BCUT2D eigenvalue weighted by molar-refractivity contribution is 7.99. The van der Waals surface area contributed by atoms with Crippen molar-refractivity contribution in [1.82, 2.24) is 16.0 Å². The molecule has 0 unspecified atom stereocenters. The summed E-state index contributed by atoms with van der Waals surface area (Å²) in [5.74, 6) is 2.21. The summed E-state index contributed by atoms with van der Waals surface area (Å²) in [5, 5.41) is 7.48. The van der Waals surface area contributed by atoms with Crippen molar-refractivity contribution in [2.75, 3.05) is 24.7 Å². The maximum absolute atomic E-state index is 10.1. The van der Waals surface area contributed by atoms with E-state index in [0.717, 1.165) is 0 Å². The predicted molar refractivity (Wildman–Crippen MR) is 46.9 cm³/mol. The highest BCUT2D eigenvalue weighted by atomic mass is 32.2. The molecule has 3 amide bonds. The van der Waals surface area contributed by atoms with Gasteiger partial charge in [0.25, 0.3) is 0 Å². The average molecular weight is 189 g/mol. The van der Waals surface area contributed by atoms with Crippen LogP contribution >= 0.6 is 11.8 Å². The summed E-state index contributed by atoms with van der Waals surface area (Å²) in [6, 6.07) is -0.398. The Labute approximate surface area is 74.7 Å². The maximum atomic E-state index is 10.1. The van der Waals surface area contributed by atoms with Crippen LogP contribution in [0.25, 0.3) is 0 Å². The van der Waals surface area contributed by atoms with Crippen LogP contribution in [0.4, 0.5) is 4.79 Å². The van der Waals surface area contributed by atoms with Crippen LogP contribution in [-0.4, -0.2) is 36.7 Å². The van der Waals surface area contributed by atoms with Gasteiger partial charge in [0, 0.05) is 18.2 Å². The number of carbonyl (C=O) groups is 2. The van der Waals surface area contributed by atoms with Crippen molar-refractivity contribution in [2.45, 2.75) is 0 Å². The van der Waals surface area contributed by atoms with Crippen LogP contribution in [-0.2, 0) is 4.79 Å². The second-order valence-electron chi connectivity index (χ2n) is 2.28. The highest BCUT2D eigenvalue weighted by Crippen LogP contribution is 1.99. The molecule has 0 bridgehead atoms. The molecule has 0 saturated carbocycles. The van der Waals surface area contributed by atoms with Gasteiger partial charge in [-0.05, 0) is 0 Å². The van der Waals surface area contributed by atoms with Gasteiger partial charge in [0.2, 0.25) is 5.91 Å². The number of hydrogen-bond donors (Lipinski definition) is 3. The SMILES string of the molecule is C1CSCN1.O=C1CNC(=O)N1. The minimum absolute atomic E-state index is 0.124. The summed E-state index contributed by atoms with van der Waals surface area (Å²) < 4.78 is 0. The molecule has 0 aliphatic carbocycles. The van der Waals surface area contributed by atoms with Crippen LogP contribution < -0.4 is 16.0 Å². The Morgan fingerprint density at radius 2 is 2.17 bits per heavy atom. The molecule has 68 valence electrons. The van der Waals surface area contributed by atoms with Crippen LogP contribution in [0.2, 0.25) is 0 Å². The zero-order valence-electron chi connectivity index (χ0n) is 6.55. The Kier molecular flexibility index (Phi) is 3.89. The van der Waals surface area contributed by atoms with E-state index in [0.29, 0.717) is 0 Å². The second-order valence-corrected chi connectivity index (χ2v) is 3.39. The Bertz CT molecular complexity index is 160. The number of hydrogen-bond acceptors (Lipinski definition) is 4. The third kappa shape index (κ3) is 3.59. The number of amides is 3. The third-order valence-electron chi connectivity index (χ3n) is 1.29. The van der Waals surface area contributed by atoms with E-state index in [2.05, 4.69) is 10.6 Å².